The number of carbonyl (C=O) groups is 1. The van der Waals surface area contributed by atoms with Crippen molar-refractivity contribution in [1.82, 2.24) is 30.5 Å². The first-order chi connectivity index (χ1) is 12.8. The van der Waals surface area contributed by atoms with Crippen LogP contribution in [0.25, 0.3) is 11.3 Å². The molecule has 1 fully saturated rings. The van der Waals surface area contributed by atoms with Crippen molar-refractivity contribution in [2.75, 3.05) is 0 Å². The number of aromatic amines is 1. The Hall–Kier alpha value is -3.09. The Morgan fingerprint density at radius 1 is 1.15 bits per heavy atom. The molecule has 0 saturated heterocycles. The number of carbonyl (C=O) groups excluding carboxylic acids is 1. The quantitative estimate of drug-likeness (QED) is 0.755. The molecule has 2 aliphatic carbocycles. The fourth-order valence-corrected chi connectivity index (χ4v) is 3.34. The first-order valence-electron chi connectivity index (χ1n) is 8.89. The third kappa shape index (κ3) is 2.75. The average Bonchev–Trinajstić information content (AvgIpc) is 3.42. The minimum absolute atomic E-state index is 0.198. The predicted octanol–water partition coefficient (Wildman–Crippen LogP) is 2.17. The number of hydrogen-bond acceptors (Lipinski definition) is 5. The van der Waals surface area contributed by atoms with E-state index in [9.17, 15) is 4.79 Å². The van der Waals surface area contributed by atoms with Crippen LogP contribution in [0.3, 0.4) is 0 Å². The summed E-state index contributed by atoms with van der Waals surface area (Å²) >= 11 is 0. The van der Waals surface area contributed by atoms with E-state index < -0.39 is 0 Å². The highest BCUT2D eigenvalue weighted by atomic mass is 16.1. The Morgan fingerprint density at radius 3 is 2.88 bits per heavy atom. The number of nitrogens with zero attached hydrogens (tertiary/aromatic N) is 4. The molecule has 26 heavy (non-hydrogen) atoms. The maximum Gasteiger partial charge on any atom is 0.270 e. The molecule has 0 unspecified atom stereocenters. The first kappa shape index (κ1) is 15.2. The summed E-state index contributed by atoms with van der Waals surface area (Å²) in [7, 11) is 0. The minimum Gasteiger partial charge on any atom is -0.345 e. The molecule has 3 aromatic heterocycles. The summed E-state index contributed by atoms with van der Waals surface area (Å²) in [5.41, 5.74) is 6.40. The van der Waals surface area contributed by atoms with Crippen LogP contribution < -0.4 is 5.32 Å². The van der Waals surface area contributed by atoms with E-state index in [4.69, 9.17) is 0 Å². The van der Waals surface area contributed by atoms with Gasteiger partial charge in [-0.3, -0.25) is 19.9 Å². The zero-order chi connectivity index (χ0) is 17.5. The van der Waals surface area contributed by atoms with Crippen molar-refractivity contribution in [2.45, 2.75) is 38.1 Å². The molecule has 2 N–H and O–H groups in total. The third-order valence-electron chi connectivity index (χ3n) is 4.98. The van der Waals surface area contributed by atoms with Gasteiger partial charge in [-0.1, -0.05) is 0 Å². The largest absolute Gasteiger partial charge is 0.345 e. The molecule has 1 saturated carbocycles. The minimum atomic E-state index is -0.198. The fourth-order valence-electron chi connectivity index (χ4n) is 3.34. The van der Waals surface area contributed by atoms with E-state index in [-0.39, 0.29) is 5.91 Å². The van der Waals surface area contributed by atoms with Gasteiger partial charge in [0.15, 0.2) is 0 Å². The summed E-state index contributed by atoms with van der Waals surface area (Å²) in [5, 5.41) is 10.00. The molecule has 0 aliphatic heterocycles. The monoisotopic (exact) mass is 346 g/mol. The maximum absolute atomic E-state index is 12.4. The van der Waals surface area contributed by atoms with Gasteiger partial charge >= 0.3 is 0 Å². The molecule has 0 bridgehead atoms. The van der Waals surface area contributed by atoms with Crippen molar-refractivity contribution in [3.8, 4) is 11.3 Å². The van der Waals surface area contributed by atoms with Crippen LogP contribution in [0.4, 0.5) is 0 Å². The van der Waals surface area contributed by atoms with Crippen LogP contribution in [-0.2, 0) is 19.4 Å². The maximum atomic E-state index is 12.4. The second-order valence-electron chi connectivity index (χ2n) is 6.85. The normalized spacial score (nSPS) is 15.2. The number of rotatable bonds is 4. The Bertz CT molecular complexity index is 974. The standard InChI is InChI=1S/C19H18N6O/c26-19(22-9-13-8-21-17(10-20-13)11-1-2-11)16-6-4-14-15(24-16)5-3-12-7-23-25-18(12)14/h4,6-8,10-11H,1-3,5,9H2,(H,22,26)(H,23,25). The van der Waals surface area contributed by atoms with Crippen LogP contribution in [0, 0.1) is 0 Å². The van der Waals surface area contributed by atoms with E-state index >= 15 is 0 Å². The molecule has 3 aromatic rings. The fraction of sp³-hybridized carbons (Fsp3) is 0.316. The van der Waals surface area contributed by atoms with Gasteiger partial charge in [0.05, 0.1) is 41.7 Å². The lowest BCUT2D eigenvalue weighted by Gasteiger charge is -2.15. The molecule has 0 aromatic carbocycles. The van der Waals surface area contributed by atoms with E-state index in [1.807, 2.05) is 18.5 Å². The topological polar surface area (TPSA) is 96.5 Å². The van der Waals surface area contributed by atoms with Gasteiger partial charge in [0.25, 0.3) is 5.91 Å². The molecule has 1 amide bonds. The van der Waals surface area contributed by atoms with Crippen molar-refractivity contribution in [2.24, 2.45) is 0 Å². The van der Waals surface area contributed by atoms with Crippen molar-refractivity contribution >= 4 is 5.91 Å². The summed E-state index contributed by atoms with van der Waals surface area (Å²) in [5.74, 6) is 0.387. The van der Waals surface area contributed by atoms with Crippen molar-refractivity contribution in [1.29, 1.82) is 0 Å². The molecule has 3 heterocycles. The Kier molecular flexibility index (Phi) is 3.51. The lowest BCUT2D eigenvalue weighted by molar-refractivity contribution is 0.0945. The summed E-state index contributed by atoms with van der Waals surface area (Å²) < 4.78 is 0. The Balaban J connectivity index is 1.28. The van der Waals surface area contributed by atoms with Gasteiger partial charge in [-0.05, 0) is 43.4 Å². The van der Waals surface area contributed by atoms with Crippen LogP contribution >= 0.6 is 0 Å². The first-order valence-corrected chi connectivity index (χ1v) is 8.89. The molecule has 7 nitrogen and oxygen atoms in total. The second kappa shape index (κ2) is 6.01. The van der Waals surface area contributed by atoms with Gasteiger partial charge in [0.2, 0.25) is 0 Å². The van der Waals surface area contributed by atoms with Crippen molar-refractivity contribution in [3.05, 3.63) is 59.1 Å². The SMILES string of the molecule is O=C(NCc1cnc(C2CC2)cn1)c1ccc2c(n1)CCc1cn[nH]c1-2. The molecular formula is C19H18N6O. The molecule has 0 spiro atoms. The average molecular weight is 346 g/mol. The number of fused-ring (bicyclic) bond motifs is 3. The lowest BCUT2D eigenvalue weighted by Crippen LogP contribution is -2.25. The van der Waals surface area contributed by atoms with Gasteiger partial charge in [-0.25, -0.2) is 4.98 Å². The number of aryl methyl sites for hydroxylation is 2. The molecule has 0 radical (unpaired) electrons. The second-order valence-corrected chi connectivity index (χ2v) is 6.85. The van der Waals surface area contributed by atoms with Gasteiger partial charge in [0, 0.05) is 17.7 Å². The van der Waals surface area contributed by atoms with E-state index in [2.05, 4.69) is 30.5 Å². The highest BCUT2D eigenvalue weighted by Gasteiger charge is 2.25. The Labute approximate surface area is 150 Å². The Morgan fingerprint density at radius 2 is 2.08 bits per heavy atom. The highest BCUT2D eigenvalue weighted by molar-refractivity contribution is 5.92. The molecular weight excluding hydrogens is 328 g/mol. The van der Waals surface area contributed by atoms with Crippen LogP contribution in [-0.4, -0.2) is 31.1 Å². The van der Waals surface area contributed by atoms with Crippen LogP contribution in [0.15, 0.2) is 30.7 Å². The summed E-state index contributed by atoms with van der Waals surface area (Å²) in [6.07, 6.45) is 9.53. The van der Waals surface area contributed by atoms with Gasteiger partial charge in [0.1, 0.15) is 5.69 Å². The number of aromatic nitrogens is 5. The predicted molar refractivity (Wildman–Crippen MR) is 94.4 cm³/mol. The number of amides is 1. The highest BCUT2D eigenvalue weighted by Crippen LogP contribution is 2.38. The van der Waals surface area contributed by atoms with Gasteiger partial charge in [-0.2, -0.15) is 5.10 Å². The van der Waals surface area contributed by atoms with Crippen LogP contribution in [0.5, 0.6) is 0 Å². The van der Waals surface area contributed by atoms with Gasteiger partial charge < -0.3 is 5.32 Å². The zero-order valence-electron chi connectivity index (χ0n) is 14.2. The number of pyridine rings is 1. The number of nitrogens with one attached hydrogen (secondary N) is 2. The molecule has 130 valence electrons. The molecule has 7 heteroatoms. The van der Waals surface area contributed by atoms with Gasteiger partial charge in [-0.15, -0.1) is 0 Å². The van der Waals surface area contributed by atoms with E-state index in [1.54, 1.807) is 12.3 Å². The smallest absolute Gasteiger partial charge is 0.270 e. The summed E-state index contributed by atoms with van der Waals surface area (Å²) in [6, 6.07) is 3.70. The molecule has 5 rings (SSSR count). The van der Waals surface area contributed by atoms with Crippen molar-refractivity contribution < 1.29 is 4.79 Å². The van der Waals surface area contributed by atoms with E-state index in [1.165, 1.54) is 18.4 Å². The van der Waals surface area contributed by atoms with E-state index in [0.29, 0.717) is 18.2 Å². The number of H-pyrrole nitrogens is 1. The number of hydrogen-bond donors (Lipinski definition) is 2. The van der Waals surface area contributed by atoms with Crippen molar-refractivity contribution in [3.63, 3.8) is 0 Å². The van der Waals surface area contributed by atoms with Crippen LogP contribution in [0.1, 0.15) is 51.9 Å². The summed E-state index contributed by atoms with van der Waals surface area (Å²) in [4.78, 5) is 25.8. The summed E-state index contributed by atoms with van der Waals surface area (Å²) in [6.45, 7) is 0.347. The lowest BCUT2D eigenvalue weighted by atomic mass is 9.94. The molecule has 2 aliphatic rings. The van der Waals surface area contributed by atoms with E-state index in [0.717, 1.165) is 41.2 Å². The molecule has 0 atom stereocenters. The van der Waals surface area contributed by atoms with Crippen LogP contribution in [0.2, 0.25) is 0 Å². The zero-order valence-corrected chi connectivity index (χ0v) is 14.2. The third-order valence-corrected chi connectivity index (χ3v) is 4.98.